The number of pyridine rings is 1. The Kier molecular flexibility index (Phi) is 5.43. The molecule has 1 heterocycles. The Morgan fingerprint density at radius 2 is 1.78 bits per heavy atom. The summed E-state index contributed by atoms with van der Waals surface area (Å²) in [5, 5.41) is 19.8. The maximum Gasteiger partial charge on any atom is 0.414 e. The Bertz CT molecular complexity index is 907. The summed E-state index contributed by atoms with van der Waals surface area (Å²) in [4.78, 5) is 25.8. The first-order valence-electron chi connectivity index (χ1n) is 7.80. The molecule has 1 aromatic heterocycles. The zero-order chi connectivity index (χ0) is 20.4. The lowest BCUT2D eigenvalue weighted by Gasteiger charge is -2.20. The quantitative estimate of drug-likeness (QED) is 0.719. The number of aromatic nitrogens is 1. The molecule has 1 amide bonds. The molecule has 0 saturated carbocycles. The maximum atomic E-state index is 13.1. The highest BCUT2D eigenvalue weighted by atomic mass is 19.4. The van der Waals surface area contributed by atoms with Gasteiger partial charge in [0.25, 0.3) is 0 Å². The van der Waals surface area contributed by atoms with Crippen LogP contribution < -0.4 is 5.32 Å². The van der Waals surface area contributed by atoms with Gasteiger partial charge in [-0.3, -0.25) is 9.78 Å². The second kappa shape index (κ2) is 7.26. The number of fused-ring (bicyclic) bond motifs is 1. The van der Waals surface area contributed by atoms with Crippen molar-refractivity contribution in [2.45, 2.75) is 26.1 Å². The Morgan fingerprint density at radius 3 is 2.33 bits per heavy atom. The first-order valence-corrected chi connectivity index (χ1v) is 7.80. The van der Waals surface area contributed by atoms with Gasteiger partial charge in [0.15, 0.2) is 6.04 Å². The van der Waals surface area contributed by atoms with E-state index < -0.39 is 35.4 Å². The fraction of sp³-hybridized carbons (Fsp3) is 0.278. The molecular formula is C18H17F3N2O4. The molecule has 144 valence electrons. The second-order valence-electron chi connectivity index (χ2n) is 6.47. The van der Waals surface area contributed by atoms with E-state index in [2.05, 4.69) is 4.98 Å². The Balaban J connectivity index is 2.44. The molecule has 6 nitrogen and oxygen atoms in total. The minimum atomic E-state index is -4.85. The van der Waals surface area contributed by atoms with Crippen molar-refractivity contribution in [1.82, 2.24) is 10.3 Å². The number of nitrogens with zero attached hydrogens (tertiary/aromatic N) is 1. The lowest BCUT2D eigenvalue weighted by Crippen LogP contribution is -2.37. The average Bonchev–Trinajstić information content (AvgIpc) is 2.56. The van der Waals surface area contributed by atoms with Gasteiger partial charge in [-0.2, -0.15) is 13.2 Å². The number of carboxylic acid groups (broad SMARTS) is 2. The number of aliphatic carboxylic acids is 1. The van der Waals surface area contributed by atoms with Crippen LogP contribution >= 0.6 is 0 Å². The molecule has 2 aromatic rings. The van der Waals surface area contributed by atoms with Gasteiger partial charge in [0.1, 0.15) is 0 Å². The van der Waals surface area contributed by atoms with E-state index in [1.54, 1.807) is 18.2 Å². The van der Waals surface area contributed by atoms with E-state index in [4.69, 9.17) is 10.2 Å². The summed E-state index contributed by atoms with van der Waals surface area (Å²) in [7, 11) is 0. The first kappa shape index (κ1) is 20.2. The fourth-order valence-corrected chi connectivity index (χ4v) is 2.24. The summed E-state index contributed by atoms with van der Waals surface area (Å²) >= 11 is 0. The number of carboxylic acids is 1. The summed E-state index contributed by atoms with van der Waals surface area (Å²) in [5.74, 6) is -1.02. The number of halogens is 3. The zero-order valence-electron chi connectivity index (χ0n) is 14.4. The van der Waals surface area contributed by atoms with E-state index in [1.807, 2.05) is 0 Å². The van der Waals surface area contributed by atoms with Crippen LogP contribution in [-0.2, 0) is 4.79 Å². The number of rotatable bonds is 5. The first-order chi connectivity index (χ1) is 12.4. The van der Waals surface area contributed by atoms with E-state index >= 15 is 0 Å². The van der Waals surface area contributed by atoms with E-state index in [1.165, 1.54) is 37.4 Å². The molecule has 9 heteroatoms. The molecule has 0 spiro atoms. The van der Waals surface area contributed by atoms with Crippen molar-refractivity contribution in [3.05, 3.63) is 47.7 Å². The average molecular weight is 382 g/mol. The number of alkyl halides is 3. The Morgan fingerprint density at radius 1 is 1.15 bits per heavy atom. The minimum Gasteiger partial charge on any atom is -0.481 e. The van der Waals surface area contributed by atoms with Gasteiger partial charge in [-0.05, 0) is 31.5 Å². The second-order valence-corrected chi connectivity index (χ2v) is 6.47. The van der Waals surface area contributed by atoms with Gasteiger partial charge in [0.05, 0.1) is 16.6 Å². The van der Waals surface area contributed by atoms with Gasteiger partial charge in [0, 0.05) is 5.39 Å². The van der Waals surface area contributed by atoms with Crippen LogP contribution in [0.5, 0.6) is 0 Å². The van der Waals surface area contributed by atoms with Crippen molar-refractivity contribution in [2.24, 2.45) is 5.41 Å². The molecule has 27 heavy (non-hydrogen) atoms. The normalized spacial score (nSPS) is 13.7. The van der Waals surface area contributed by atoms with Crippen LogP contribution in [-0.4, -0.2) is 33.4 Å². The molecule has 0 aliphatic heterocycles. The van der Waals surface area contributed by atoms with Crippen molar-refractivity contribution >= 4 is 29.0 Å². The Hall–Kier alpha value is -3.10. The summed E-state index contributed by atoms with van der Waals surface area (Å²) in [5.41, 5.74) is -0.818. The van der Waals surface area contributed by atoms with Gasteiger partial charge in [0.2, 0.25) is 0 Å². The van der Waals surface area contributed by atoms with Crippen molar-refractivity contribution < 1.29 is 33.0 Å². The highest BCUT2D eigenvalue weighted by Gasteiger charge is 2.43. The predicted octanol–water partition coefficient (Wildman–Crippen LogP) is 4.23. The van der Waals surface area contributed by atoms with E-state index in [9.17, 15) is 22.8 Å². The molecule has 0 unspecified atom stereocenters. The highest BCUT2D eigenvalue weighted by molar-refractivity contribution is 5.82. The SMILES string of the molecule is CC(C)(/C=C/c1ccc2ccc([C@H](NC(=O)O)C(F)(F)F)nc2c1)C(=O)O. The molecule has 2 rings (SSSR count). The molecule has 1 atom stereocenters. The van der Waals surface area contributed by atoms with Crippen molar-refractivity contribution in [3.63, 3.8) is 0 Å². The maximum absolute atomic E-state index is 13.1. The number of benzene rings is 1. The van der Waals surface area contributed by atoms with Crippen LogP contribution in [0.15, 0.2) is 36.4 Å². The van der Waals surface area contributed by atoms with Gasteiger partial charge in [-0.1, -0.05) is 30.4 Å². The smallest absolute Gasteiger partial charge is 0.414 e. The number of hydrogen-bond acceptors (Lipinski definition) is 3. The van der Waals surface area contributed by atoms with Crippen molar-refractivity contribution in [2.75, 3.05) is 0 Å². The number of nitrogens with one attached hydrogen (secondary N) is 1. The summed E-state index contributed by atoms with van der Waals surface area (Å²) in [6.07, 6.45) is -3.65. The van der Waals surface area contributed by atoms with Gasteiger partial charge < -0.3 is 15.5 Å². The number of amides is 1. The topological polar surface area (TPSA) is 99.5 Å². The molecule has 0 radical (unpaired) electrons. The lowest BCUT2D eigenvalue weighted by molar-refractivity contribution is -0.156. The fourth-order valence-electron chi connectivity index (χ4n) is 2.24. The number of hydrogen-bond donors (Lipinski definition) is 3. The largest absolute Gasteiger partial charge is 0.481 e. The third-order valence-corrected chi connectivity index (χ3v) is 3.87. The van der Waals surface area contributed by atoms with E-state index in [0.717, 1.165) is 6.07 Å². The van der Waals surface area contributed by atoms with Gasteiger partial charge in [-0.25, -0.2) is 4.79 Å². The van der Waals surface area contributed by atoms with Crippen LogP contribution in [0.1, 0.15) is 31.1 Å². The lowest BCUT2D eigenvalue weighted by atomic mass is 9.92. The van der Waals surface area contributed by atoms with Gasteiger partial charge in [-0.15, -0.1) is 0 Å². The molecule has 0 bridgehead atoms. The van der Waals surface area contributed by atoms with Crippen molar-refractivity contribution in [3.8, 4) is 0 Å². The standard InChI is InChI=1S/C18H17F3N2O4/c1-17(2,15(24)25)8-7-10-3-4-11-5-6-12(22-13(11)9-10)14(18(19,20)21)23-16(26)27/h3-9,14,23H,1-2H3,(H,24,25)(H,26,27)/b8-7+/t14-/m0/s1. The molecule has 1 aromatic carbocycles. The molecule has 3 N–H and O–H groups in total. The van der Waals surface area contributed by atoms with Crippen LogP contribution in [0.4, 0.5) is 18.0 Å². The van der Waals surface area contributed by atoms with Crippen LogP contribution in [0.2, 0.25) is 0 Å². The van der Waals surface area contributed by atoms with E-state index in [-0.39, 0.29) is 5.52 Å². The van der Waals surface area contributed by atoms with Crippen LogP contribution in [0.3, 0.4) is 0 Å². The van der Waals surface area contributed by atoms with Gasteiger partial charge >= 0.3 is 18.2 Å². The monoisotopic (exact) mass is 382 g/mol. The summed E-state index contributed by atoms with van der Waals surface area (Å²) < 4.78 is 39.4. The van der Waals surface area contributed by atoms with Crippen molar-refractivity contribution in [1.29, 1.82) is 0 Å². The summed E-state index contributed by atoms with van der Waals surface area (Å²) in [6.45, 7) is 3.02. The third-order valence-electron chi connectivity index (χ3n) is 3.87. The van der Waals surface area contributed by atoms with E-state index in [0.29, 0.717) is 10.9 Å². The molecule has 0 fully saturated rings. The highest BCUT2D eigenvalue weighted by Crippen LogP contribution is 2.32. The summed E-state index contributed by atoms with van der Waals surface area (Å²) in [6, 6.07) is 4.88. The zero-order valence-corrected chi connectivity index (χ0v) is 14.4. The van der Waals surface area contributed by atoms with Crippen LogP contribution in [0.25, 0.3) is 17.0 Å². The molecular weight excluding hydrogens is 365 g/mol. The Labute approximate surface area is 152 Å². The van der Waals surface area contributed by atoms with Crippen LogP contribution in [0, 0.1) is 5.41 Å². The predicted molar refractivity (Wildman–Crippen MR) is 92.2 cm³/mol. The minimum absolute atomic E-state index is 0.226. The molecule has 0 aliphatic carbocycles. The molecule has 0 aliphatic rings. The third kappa shape index (κ3) is 4.96. The molecule has 0 saturated heterocycles. The number of carbonyl (C=O) groups is 2.